The number of carbonyl (C=O) groups is 2. The number of carbonyl (C=O) groups excluding carboxylic acids is 2. The van der Waals surface area contributed by atoms with E-state index < -0.39 is 41.5 Å². The number of aliphatic imine (C=N–C) groups is 1. The molecule has 2 amide bonds. The van der Waals surface area contributed by atoms with Crippen LogP contribution in [0.2, 0.25) is 0 Å². The summed E-state index contributed by atoms with van der Waals surface area (Å²) in [5.74, 6) is -2.05. The van der Waals surface area contributed by atoms with Crippen LogP contribution in [-0.2, 0) is 9.59 Å². The molecule has 0 aromatic carbocycles. The number of hydroxylamine groups is 1. The Hall–Kier alpha value is -2.51. The first-order valence-corrected chi connectivity index (χ1v) is 6.13. The maximum absolute atomic E-state index is 11.5. The van der Waals surface area contributed by atoms with Gasteiger partial charge < -0.3 is 21.9 Å². The number of nitro groups is 1. The summed E-state index contributed by atoms with van der Waals surface area (Å²) in [6.07, 6.45) is 0.290. The number of nitrogens with zero attached hydrogens (tertiary/aromatic N) is 2. The van der Waals surface area contributed by atoms with Crippen LogP contribution in [0.15, 0.2) is 4.99 Å². The van der Waals surface area contributed by atoms with Gasteiger partial charge in [0.15, 0.2) is 5.03 Å². The minimum absolute atomic E-state index is 0.0454. The molecule has 126 valence electrons. The summed E-state index contributed by atoms with van der Waals surface area (Å²) in [5.41, 5.74) is 13.5. The Kier molecular flexibility index (Phi) is 9.08. The molecule has 0 bridgehead atoms. The van der Waals surface area contributed by atoms with Gasteiger partial charge in [0.25, 0.3) is 11.9 Å². The predicted molar refractivity (Wildman–Crippen MR) is 72.8 cm³/mol. The Labute approximate surface area is 124 Å². The van der Waals surface area contributed by atoms with Crippen LogP contribution < -0.4 is 27.7 Å². The van der Waals surface area contributed by atoms with Gasteiger partial charge in [-0.15, -0.1) is 0 Å². The molecule has 1 unspecified atom stereocenters. The monoisotopic (exact) mass is 321 g/mol. The summed E-state index contributed by atoms with van der Waals surface area (Å²) in [4.78, 5) is 36.6. The Morgan fingerprint density at radius 3 is 2.50 bits per heavy atom. The average molecular weight is 321 g/mol. The van der Waals surface area contributed by atoms with Crippen LogP contribution in [0.5, 0.6) is 0 Å². The predicted octanol–water partition coefficient (Wildman–Crippen LogP) is -3.83. The van der Waals surface area contributed by atoms with Crippen LogP contribution in [-0.4, -0.2) is 58.4 Å². The van der Waals surface area contributed by atoms with E-state index in [1.807, 2.05) is 0 Å². The quantitative estimate of drug-likeness (QED) is 0.0551. The van der Waals surface area contributed by atoms with Crippen LogP contribution in [0.3, 0.4) is 0 Å². The zero-order valence-electron chi connectivity index (χ0n) is 11.6. The van der Waals surface area contributed by atoms with Crippen LogP contribution in [0.1, 0.15) is 12.8 Å². The smallest absolute Gasteiger partial charge is 0.265 e. The van der Waals surface area contributed by atoms with E-state index in [0.29, 0.717) is 0 Å². The standard InChI is InChI=1S/C9H19N7O6/c10-5(4-17)7(18)13-6(8(19)15-20)2-1-3-12-9(11)14-16(21)22/h5-6,17,20H,1-4,10H2,(H,13,18)(H,15,19)(H3,11,12,14)/t5?,6-/m0/s1. The number of aliphatic hydroxyl groups is 1. The minimum atomic E-state index is -1.20. The van der Waals surface area contributed by atoms with E-state index in [1.165, 1.54) is 5.48 Å². The molecule has 2 atom stereocenters. The molecule has 0 fully saturated rings. The largest absolute Gasteiger partial charge is 0.394 e. The lowest BCUT2D eigenvalue weighted by atomic mass is 10.1. The van der Waals surface area contributed by atoms with Gasteiger partial charge >= 0.3 is 0 Å². The number of nitrogens with one attached hydrogen (secondary N) is 3. The molecule has 0 saturated carbocycles. The van der Waals surface area contributed by atoms with Crippen molar-refractivity contribution in [1.82, 2.24) is 16.2 Å². The molecule has 0 aliphatic heterocycles. The van der Waals surface area contributed by atoms with Gasteiger partial charge in [0.05, 0.1) is 6.61 Å². The van der Waals surface area contributed by atoms with Gasteiger partial charge in [-0.05, 0) is 12.8 Å². The highest BCUT2D eigenvalue weighted by molar-refractivity contribution is 5.89. The van der Waals surface area contributed by atoms with Crippen molar-refractivity contribution in [3.8, 4) is 0 Å². The Bertz CT molecular complexity index is 429. The van der Waals surface area contributed by atoms with Crippen molar-refractivity contribution in [2.24, 2.45) is 16.5 Å². The second-order valence-corrected chi connectivity index (χ2v) is 4.10. The van der Waals surface area contributed by atoms with Crippen molar-refractivity contribution in [3.63, 3.8) is 0 Å². The number of aliphatic hydroxyl groups excluding tert-OH is 1. The van der Waals surface area contributed by atoms with E-state index in [4.69, 9.17) is 21.8 Å². The maximum atomic E-state index is 11.5. The highest BCUT2D eigenvalue weighted by atomic mass is 16.7. The Morgan fingerprint density at radius 1 is 1.36 bits per heavy atom. The van der Waals surface area contributed by atoms with Crippen molar-refractivity contribution in [2.75, 3.05) is 13.2 Å². The Balaban J connectivity index is 4.41. The van der Waals surface area contributed by atoms with Crippen LogP contribution in [0.25, 0.3) is 0 Å². The molecule has 0 rings (SSSR count). The summed E-state index contributed by atoms with van der Waals surface area (Å²) in [6.45, 7) is -0.559. The van der Waals surface area contributed by atoms with Crippen molar-refractivity contribution in [3.05, 3.63) is 10.1 Å². The molecule has 0 heterocycles. The fourth-order valence-electron chi connectivity index (χ4n) is 1.33. The molecule has 0 aliphatic rings. The fourth-order valence-corrected chi connectivity index (χ4v) is 1.33. The normalized spacial score (nSPS) is 13.9. The minimum Gasteiger partial charge on any atom is -0.394 e. The summed E-state index contributed by atoms with van der Waals surface area (Å²) in [5, 5.41) is 28.8. The zero-order chi connectivity index (χ0) is 17.1. The first-order chi connectivity index (χ1) is 10.3. The molecule has 0 saturated heterocycles. The molecule has 13 heteroatoms. The number of nitrogens with two attached hydrogens (primary N) is 2. The second kappa shape index (κ2) is 10.3. The van der Waals surface area contributed by atoms with Gasteiger partial charge in [0.2, 0.25) is 5.91 Å². The lowest BCUT2D eigenvalue weighted by molar-refractivity contribution is -0.525. The number of amides is 2. The molecular formula is C9H19N7O6. The summed E-state index contributed by atoms with van der Waals surface area (Å²) in [6, 6.07) is -2.30. The molecule has 0 spiro atoms. The van der Waals surface area contributed by atoms with Crippen molar-refractivity contribution in [1.29, 1.82) is 0 Å². The molecule has 0 aromatic heterocycles. The van der Waals surface area contributed by atoms with E-state index in [-0.39, 0.29) is 19.4 Å². The van der Waals surface area contributed by atoms with Gasteiger partial charge in [-0.2, -0.15) is 0 Å². The van der Waals surface area contributed by atoms with Crippen LogP contribution in [0.4, 0.5) is 0 Å². The van der Waals surface area contributed by atoms with Crippen LogP contribution in [0, 0.1) is 10.1 Å². The van der Waals surface area contributed by atoms with E-state index >= 15 is 0 Å². The third-order valence-electron chi connectivity index (χ3n) is 2.42. The number of rotatable bonds is 9. The molecular weight excluding hydrogens is 302 g/mol. The van der Waals surface area contributed by atoms with Crippen molar-refractivity contribution >= 4 is 17.8 Å². The van der Waals surface area contributed by atoms with E-state index in [9.17, 15) is 19.7 Å². The molecule has 0 radical (unpaired) electrons. The first-order valence-electron chi connectivity index (χ1n) is 6.13. The Morgan fingerprint density at radius 2 is 2.00 bits per heavy atom. The molecule has 13 nitrogen and oxygen atoms in total. The number of guanidine groups is 1. The van der Waals surface area contributed by atoms with E-state index in [2.05, 4.69) is 10.3 Å². The van der Waals surface area contributed by atoms with Crippen molar-refractivity contribution in [2.45, 2.75) is 24.9 Å². The maximum Gasteiger partial charge on any atom is 0.265 e. The number of hydrogen-bond donors (Lipinski definition) is 7. The average Bonchev–Trinajstić information content (AvgIpc) is 2.47. The molecule has 0 aromatic rings. The number of hydrazine groups is 1. The number of hydrogen-bond acceptors (Lipinski definition) is 8. The molecule has 9 N–H and O–H groups in total. The van der Waals surface area contributed by atoms with E-state index in [0.717, 1.165) is 0 Å². The van der Waals surface area contributed by atoms with E-state index in [1.54, 1.807) is 5.43 Å². The van der Waals surface area contributed by atoms with Gasteiger partial charge in [-0.25, -0.2) is 20.6 Å². The third kappa shape index (κ3) is 7.93. The van der Waals surface area contributed by atoms with Gasteiger partial charge in [-0.1, -0.05) is 5.43 Å². The van der Waals surface area contributed by atoms with Crippen molar-refractivity contribution < 1.29 is 24.9 Å². The lowest BCUT2D eigenvalue weighted by Crippen LogP contribution is -2.52. The summed E-state index contributed by atoms with van der Waals surface area (Å²) < 4.78 is 0. The summed E-state index contributed by atoms with van der Waals surface area (Å²) >= 11 is 0. The third-order valence-corrected chi connectivity index (χ3v) is 2.42. The lowest BCUT2D eigenvalue weighted by Gasteiger charge is -2.18. The zero-order valence-corrected chi connectivity index (χ0v) is 11.6. The van der Waals surface area contributed by atoms with Gasteiger partial charge in [0.1, 0.15) is 12.1 Å². The highest BCUT2D eigenvalue weighted by Crippen LogP contribution is 1.99. The summed E-state index contributed by atoms with van der Waals surface area (Å²) in [7, 11) is 0. The second-order valence-electron chi connectivity index (χ2n) is 4.10. The first kappa shape index (κ1) is 19.5. The fraction of sp³-hybridized carbons (Fsp3) is 0.667. The van der Waals surface area contributed by atoms with Gasteiger partial charge in [0, 0.05) is 6.54 Å². The van der Waals surface area contributed by atoms with Crippen LogP contribution >= 0.6 is 0 Å². The van der Waals surface area contributed by atoms with Gasteiger partial charge in [-0.3, -0.25) is 14.8 Å². The highest BCUT2D eigenvalue weighted by Gasteiger charge is 2.22. The molecule has 22 heavy (non-hydrogen) atoms. The SMILES string of the molecule is NC(=NCCC[C@H](NC(=O)C(N)CO)C(=O)NO)N[N+](=O)[O-]. The topological polar surface area (TPSA) is 218 Å². The molecule has 0 aliphatic carbocycles.